The molecule has 21 heavy (non-hydrogen) atoms. The fraction of sp³-hybridized carbons (Fsp3) is 0.235. The third-order valence-electron chi connectivity index (χ3n) is 3.62. The van der Waals surface area contributed by atoms with Gasteiger partial charge >= 0.3 is 6.09 Å². The summed E-state index contributed by atoms with van der Waals surface area (Å²) in [5.74, 6) is -0.247. The summed E-state index contributed by atoms with van der Waals surface area (Å²) in [5, 5.41) is 2.73. The van der Waals surface area contributed by atoms with Gasteiger partial charge in [-0.1, -0.05) is 36.4 Å². The fourth-order valence-electron chi connectivity index (χ4n) is 2.59. The van der Waals surface area contributed by atoms with Gasteiger partial charge in [-0.3, -0.25) is 0 Å². The van der Waals surface area contributed by atoms with Crippen LogP contribution in [0.3, 0.4) is 0 Å². The Morgan fingerprint density at radius 3 is 2.71 bits per heavy atom. The largest absolute Gasteiger partial charge is 0.446 e. The third-order valence-corrected chi connectivity index (χ3v) is 3.62. The number of rotatable bonds is 3. The van der Waals surface area contributed by atoms with Crippen molar-refractivity contribution < 1.29 is 13.9 Å². The molecule has 0 radical (unpaired) electrons. The number of nitrogens with one attached hydrogen (secondary N) is 1. The molecular formula is C17H16FNO2. The maximum atomic E-state index is 13.1. The van der Waals surface area contributed by atoms with Gasteiger partial charge in [0.15, 0.2) is 0 Å². The molecule has 0 bridgehead atoms. The van der Waals surface area contributed by atoms with Gasteiger partial charge in [0.25, 0.3) is 0 Å². The Labute approximate surface area is 122 Å². The molecule has 0 saturated heterocycles. The smallest absolute Gasteiger partial charge is 0.407 e. The van der Waals surface area contributed by atoms with Gasteiger partial charge < -0.3 is 10.1 Å². The van der Waals surface area contributed by atoms with E-state index in [1.807, 2.05) is 30.3 Å². The van der Waals surface area contributed by atoms with Gasteiger partial charge in [-0.05, 0) is 28.8 Å². The molecule has 1 aliphatic rings. The van der Waals surface area contributed by atoms with Gasteiger partial charge in [0.05, 0.1) is 0 Å². The highest BCUT2D eigenvalue weighted by Gasteiger charge is 2.24. The second-order valence-electron chi connectivity index (χ2n) is 5.19. The van der Waals surface area contributed by atoms with E-state index in [1.54, 1.807) is 6.07 Å². The Morgan fingerprint density at radius 1 is 1.14 bits per heavy atom. The summed E-state index contributed by atoms with van der Waals surface area (Å²) in [7, 11) is 0. The number of hydrogen-bond acceptors (Lipinski definition) is 2. The summed E-state index contributed by atoms with van der Waals surface area (Å²) >= 11 is 0. The lowest BCUT2D eigenvalue weighted by Crippen LogP contribution is -2.28. The van der Waals surface area contributed by atoms with Crippen LogP contribution in [0, 0.1) is 5.82 Å². The first kappa shape index (κ1) is 13.6. The minimum atomic E-state index is -0.433. The zero-order valence-electron chi connectivity index (χ0n) is 11.5. The number of benzene rings is 2. The van der Waals surface area contributed by atoms with Crippen LogP contribution in [-0.4, -0.2) is 12.2 Å². The fourth-order valence-corrected chi connectivity index (χ4v) is 2.59. The Balaban J connectivity index is 1.51. The van der Waals surface area contributed by atoms with Crippen LogP contribution in [0.1, 0.15) is 16.7 Å². The summed E-state index contributed by atoms with van der Waals surface area (Å²) in [5.41, 5.74) is 3.00. The molecule has 1 N–H and O–H groups in total. The van der Waals surface area contributed by atoms with E-state index in [0.29, 0.717) is 19.4 Å². The number of hydrogen-bond donors (Lipinski definition) is 1. The van der Waals surface area contributed by atoms with Crippen molar-refractivity contribution in [1.82, 2.24) is 5.32 Å². The normalized spacial score (nSPS) is 16.3. The van der Waals surface area contributed by atoms with Crippen LogP contribution in [-0.2, 0) is 24.1 Å². The molecule has 4 heteroatoms. The summed E-state index contributed by atoms with van der Waals surface area (Å²) in [6.07, 6.45) is 0.579. The van der Waals surface area contributed by atoms with Crippen molar-refractivity contribution in [3.05, 3.63) is 71.0 Å². The Bertz CT molecular complexity index is 642. The van der Waals surface area contributed by atoms with Crippen LogP contribution in [0.25, 0.3) is 0 Å². The van der Waals surface area contributed by atoms with Crippen molar-refractivity contribution in [3.63, 3.8) is 0 Å². The van der Waals surface area contributed by atoms with Gasteiger partial charge in [-0.15, -0.1) is 0 Å². The Kier molecular flexibility index (Phi) is 3.86. The maximum absolute atomic E-state index is 13.1. The predicted octanol–water partition coefficient (Wildman–Crippen LogP) is 3.22. The summed E-state index contributed by atoms with van der Waals surface area (Å²) in [4.78, 5) is 11.8. The summed E-state index contributed by atoms with van der Waals surface area (Å²) in [6.45, 7) is 0.438. The van der Waals surface area contributed by atoms with E-state index < -0.39 is 6.09 Å². The van der Waals surface area contributed by atoms with Crippen molar-refractivity contribution in [2.75, 3.05) is 0 Å². The lowest BCUT2D eigenvalue weighted by Gasteiger charge is -2.12. The van der Waals surface area contributed by atoms with Gasteiger partial charge in [-0.25, -0.2) is 9.18 Å². The van der Waals surface area contributed by atoms with Crippen LogP contribution >= 0.6 is 0 Å². The van der Waals surface area contributed by atoms with Gasteiger partial charge in [-0.2, -0.15) is 0 Å². The van der Waals surface area contributed by atoms with Crippen molar-refractivity contribution in [3.8, 4) is 0 Å². The lowest BCUT2D eigenvalue weighted by molar-refractivity contribution is 0.102. The number of ether oxygens (including phenoxy) is 1. The van der Waals surface area contributed by atoms with E-state index >= 15 is 0 Å². The highest BCUT2D eigenvalue weighted by Crippen LogP contribution is 2.24. The first-order chi connectivity index (χ1) is 10.2. The molecule has 0 aliphatic heterocycles. The maximum Gasteiger partial charge on any atom is 0.407 e. The van der Waals surface area contributed by atoms with Crippen LogP contribution < -0.4 is 5.32 Å². The first-order valence-electron chi connectivity index (χ1n) is 6.96. The molecule has 0 spiro atoms. The van der Waals surface area contributed by atoms with Crippen LogP contribution in [0.4, 0.5) is 9.18 Å². The van der Waals surface area contributed by atoms with E-state index in [2.05, 4.69) is 5.32 Å². The number of amides is 1. The lowest BCUT2D eigenvalue weighted by atomic mass is 10.1. The molecule has 2 aromatic rings. The minimum Gasteiger partial charge on any atom is -0.446 e. The van der Waals surface area contributed by atoms with Gasteiger partial charge in [0.1, 0.15) is 11.9 Å². The molecular weight excluding hydrogens is 269 g/mol. The van der Waals surface area contributed by atoms with E-state index in [0.717, 1.165) is 16.7 Å². The van der Waals surface area contributed by atoms with Gasteiger partial charge in [0, 0.05) is 19.4 Å². The van der Waals surface area contributed by atoms with Crippen molar-refractivity contribution in [1.29, 1.82) is 0 Å². The first-order valence-corrected chi connectivity index (χ1v) is 6.96. The highest BCUT2D eigenvalue weighted by molar-refractivity contribution is 5.67. The van der Waals surface area contributed by atoms with Gasteiger partial charge in [0.2, 0.25) is 0 Å². The average molecular weight is 285 g/mol. The van der Waals surface area contributed by atoms with E-state index in [1.165, 1.54) is 12.1 Å². The highest BCUT2D eigenvalue weighted by atomic mass is 19.1. The molecule has 0 heterocycles. The SMILES string of the molecule is O=C(NCc1ccccc1)O[C@@H]1Cc2ccc(F)cc2C1. The number of carbonyl (C=O) groups is 1. The molecule has 3 rings (SSSR count). The molecule has 0 saturated carbocycles. The average Bonchev–Trinajstić information content (AvgIpc) is 2.87. The minimum absolute atomic E-state index is 0.211. The second kappa shape index (κ2) is 5.95. The Morgan fingerprint density at radius 2 is 1.90 bits per heavy atom. The van der Waals surface area contributed by atoms with E-state index in [-0.39, 0.29) is 11.9 Å². The molecule has 0 aromatic heterocycles. The standard InChI is InChI=1S/C17H16FNO2/c18-15-7-6-13-9-16(10-14(13)8-15)21-17(20)19-11-12-4-2-1-3-5-12/h1-8,16H,9-11H2,(H,19,20)/t16-/m1/s1. The summed E-state index contributed by atoms with van der Waals surface area (Å²) < 4.78 is 18.5. The van der Waals surface area contributed by atoms with Crippen LogP contribution in [0.2, 0.25) is 0 Å². The molecule has 2 aromatic carbocycles. The van der Waals surface area contributed by atoms with Crippen LogP contribution in [0.15, 0.2) is 48.5 Å². The summed E-state index contributed by atoms with van der Waals surface area (Å²) in [6, 6.07) is 14.4. The van der Waals surface area contributed by atoms with E-state index in [9.17, 15) is 9.18 Å². The Hall–Kier alpha value is -2.36. The quantitative estimate of drug-likeness (QED) is 0.940. The number of carbonyl (C=O) groups excluding carboxylic acids is 1. The molecule has 3 nitrogen and oxygen atoms in total. The molecule has 0 unspecified atom stereocenters. The zero-order chi connectivity index (χ0) is 14.7. The second-order valence-corrected chi connectivity index (χ2v) is 5.19. The number of fused-ring (bicyclic) bond motifs is 1. The zero-order valence-corrected chi connectivity index (χ0v) is 11.5. The monoisotopic (exact) mass is 285 g/mol. The molecule has 0 fully saturated rings. The third kappa shape index (κ3) is 3.40. The van der Waals surface area contributed by atoms with Crippen molar-refractivity contribution in [2.45, 2.75) is 25.5 Å². The van der Waals surface area contributed by atoms with Crippen molar-refractivity contribution >= 4 is 6.09 Å². The predicted molar refractivity (Wildman–Crippen MR) is 77.4 cm³/mol. The van der Waals surface area contributed by atoms with E-state index in [4.69, 9.17) is 4.74 Å². The molecule has 108 valence electrons. The number of alkyl carbamates (subject to hydrolysis) is 1. The van der Waals surface area contributed by atoms with Crippen LogP contribution in [0.5, 0.6) is 0 Å². The topological polar surface area (TPSA) is 38.3 Å². The molecule has 1 atom stereocenters. The molecule has 1 amide bonds. The van der Waals surface area contributed by atoms with Crippen molar-refractivity contribution in [2.24, 2.45) is 0 Å². The molecule has 1 aliphatic carbocycles. The number of halogens is 1.